The van der Waals surface area contributed by atoms with Crippen LogP contribution >= 0.6 is 0 Å². The highest BCUT2D eigenvalue weighted by Gasteiger charge is 2.18. The smallest absolute Gasteiger partial charge is 0.253 e. The standard InChI is InChI=1S/C21H24N2O4/c1-13-20(16-12-15(24)6-7-17(16)23(13)2)21(25)22-10-9-14-5-8-18(26-3)19(11-14)27-4/h5-8,11-12,24H,9-10H2,1-4H3,(H,22,25). The number of amides is 1. The number of nitrogens with one attached hydrogen (secondary N) is 1. The van der Waals surface area contributed by atoms with Gasteiger partial charge >= 0.3 is 0 Å². The van der Waals surface area contributed by atoms with Crippen LogP contribution < -0.4 is 14.8 Å². The Morgan fingerprint density at radius 3 is 2.56 bits per heavy atom. The molecule has 0 aliphatic rings. The van der Waals surface area contributed by atoms with Crippen LogP contribution in [0.5, 0.6) is 17.2 Å². The molecule has 0 aliphatic heterocycles. The van der Waals surface area contributed by atoms with Gasteiger partial charge in [-0.05, 0) is 49.2 Å². The van der Waals surface area contributed by atoms with Crippen LogP contribution in [0, 0.1) is 6.92 Å². The van der Waals surface area contributed by atoms with Crippen molar-refractivity contribution in [2.45, 2.75) is 13.3 Å². The first kappa shape index (κ1) is 18.6. The average Bonchev–Trinajstić information content (AvgIpc) is 2.91. The number of aromatic nitrogens is 1. The molecule has 1 heterocycles. The zero-order chi connectivity index (χ0) is 19.6. The molecule has 27 heavy (non-hydrogen) atoms. The molecule has 0 aliphatic carbocycles. The summed E-state index contributed by atoms with van der Waals surface area (Å²) in [5.41, 5.74) is 3.41. The van der Waals surface area contributed by atoms with E-state index in [1.807, 2.05) is 42.8 Å². The molecule has 6 heteroatoms. The number of phenolic OH excluding ortho intramolecular Hbond substituents is 1. The van der Waals surface area contributed by atoms with E-state index in [2.05, 4.69) is 5.32 Å². The number of methoxy groups -OCH3 is 2. The van der Waals surface area contributed by atoms with Gasteiger partial charge in [-0.3, -0.25) is 4.79 Å². The lowest BCUT2D eigenvalue weighted by Crippen LogP contribution is -2.26. The van der Waals surface area contributed by atoms with E-state index < -0.39 is 0 Å². The van der Waals surface area contributed by atoms with Gasteiger partial charge in [-0.1, -0.05) is 6.07 Å². The number of carbonyl (C=O) groups is 1. The molecule has 2 aromatic carbocycles. The van der Waals surface area contributed by atoms with Gasteiger partial charge in [0.25, 0.3) is 5.91 Å². The molecule has 1 amide bonds. The van der Waals surface area contributed by atoms with Crippen LogP contribution in [0.3, 0.4) is 0 Å². The van der Waals surface area contributed by atoms with Crippen LogP contribution in [0.2, 0.25) is 0 Å². The van der Waals surface area contributed by atoms with E-state index in [1.165, 1.54) is 0 Å². The fourth-order valence-electron chi connectivity index (χ4n) is 3.29. The molecular weight excluding hydrogens is 344 g/mol. The van der Waals surface area contributed by atoms with Crippen molar-refractivity contribution in [3.63, 3.8) is 0 Å². The maximum Gasteiger partial charge on any atom is 0.253 e. The summed E-state index contributed by atoms with van der Waals surface area (Å²) < 4.78 is 12.5. The lowest BCUT2D eigenvalue weighted by molar-refractivity contribution is 0.0955. The third kappa shape index (κ3) is 3.56. The van der Waals surface area contributed by atoms with Crippen molar-refractivity contribution in [2.75, 3.05) is 20.8 Å². The first-order valence-corrected chi connectivity index (χ1v) is 8.73. The Morgan fingerprint density at radius 2 is 1.85 bits per heavy atom. The molecular formula is C21H24N2O4. The number of aryl methyl sites for hydroxylation is 1. The number of rotatable bonds is 6. The van der Waals surface area contributed by atoms with E-state index in [9.17, 15) is 9.90 Å². The lowest BCUT2D eigenvalue weighted by atomic mass is 10.1. The van der Waals surface area contributed by atoms with Crippen LogP contribution in [0.15, 0.2) is 36.4 Å². The largest absolute Gasteiger partial charge is 0.508 e. The van der Waals surface area contributed by atoms with Crippen molar-refractivity contribution in [1.82, 2.24) is 9.88 Å². The van der Waals surface area contributed by atoms with Crippen molar-refractivity contribution >= 4 is 16.8 Å². The van der Waals surface area contributed by atoms with Gasteiger partial charge < -0.3 is 24.5 Å². The Hall–Kier alpha value is -3.15. The molecule has 0 atom stereocenters. The SMILES string of the molecule is COc1ccc(CCNC(=O)c2c(C)n(C)c3ccc(O)cc23)cc1OC. The third-order valence-corrected chi connectivity index (χ3v) is 4.85. The Balaban J connectivity index is 1.74. The van der Waals surface area contributed by atoms with Crippen LogP contribution in [0.1, 0.15) is 21.6 Å². The van der Waals surface area contributed by atoms with Crippen molar-refractivity contribution in [1.29, 1.82) is 0 Å². The first-order valence-electron chi connectivity index (χ1n) is 8.73. The minimum absolute atomic E-state index is 0.146. The summed E-state index contributed by atoms with van der Waals surface area (Å²) in [5.74, 6) is 1.34. The molecule has 142 valence electrons. The maximum atomic E-state index is 12.8. The zero-order valence-electron chi connectivity index (χ0n) is 16.0. The lowest BCUT2D eigenvalue weighted by Gasteiger charge is -2.10. The predicted octanol–water partition coefficient (Wildman–Crippen LogP) is 3.18. The normalized spacial score (nSPS) is 10.8. The Kier molecular flexibility index (Phi) is 5.26. The Labute approximate surface area is 158 Å². The molecule has 3 rings (SSSR count). The fraction of sp³-hybridized carbons (Fsp3) is 0.286. The quantitative estimate of drug-likeness (QED) is 0.701. The summed E-state index contributed by atoms with van der Waals surface area (Å²) in [7, 11) is 5.11. The van der Waals surface area contributed by atoms with E-state index in [1.54, 1.807) is 26.4 Å². The molecule has 0 radical (unpaired) electrons. The fourth-order valence-corrected chi connectivity index (χ4v) is 3.29. The van der Waals surface area contributed by atoms with E-state index in [0.29, 0.717) is 30.0 Å². The predicted molar refractivity (Wildman–Crippen MR) is 105 cm³/mol. The van der Waals surface area contributed by atoms with Crippen molar-refractivity contribution in [3.8, 4) is 17.2 Å². The van der Waals surface area contributed by atoms with Gasteiger partial charge in [-0.25, -0.2) is 0 Å². The second kappa shape index (κ2) is 7.61. The van der Waals surface area contributed by atoms with Gasteiger partial charge in [0.1, 0.15) is 5.75 Å². The Morgan fingerprint density at radius 1 is 1.11 bits per heavy atom. The molecule has 3 aromatic rings. The molecule has 0 saturated carbocycles. The number of hydrogen-bond acceptors (Lipinski definition) is 4. The van der Waals surface area contributed by atoms with Crippen molar-refractivity contribution in [2.24, 2.45) is 7.05 Å². The first-order chi connectivity index (χ1) is 13.0. The summed E-state index contributed by atoms with van der Waals surface area (Å²) in [5, 5.41) is 13.5. The molecule has 0 spiro atoms. The average molecular weight is 368 g/mol. The molecule has 6 nitrogen and oxygen atoms in total. The summed E-state index contributed by atoms with van der Waals surface area (Å²) in [6.07, 6.45) is 0.668. The second-order valence-corrected chi connectivity index (χ2v) is 6.42. The van der Waals surface area contributed by atoms with Gasteiger partial charge in [-0.2, -0.15) is 0 Å². The number of nitrogens with zero attached hydrogens (tertiary/aromatic N) is 1. The number of ether oxygens (including phenoxy) is 2. The zero-order valence-corrected chi connectivity index (χ0v) is 16.0. The Bertz CT molecular complexity index is 992. The highest BCUT2D eigenvalue weighted by Crippen LogP contribution is 2.29. The monoisotopic (exact) mass is 368 g/mol. The van der Waals surface area contributed by atoms with E-state index in [-0.39, 0.29) is 11.7 Å². The highest BCUT2D eigenvalue weighted by molar-refractivity contribution is 6.08. The highest BCUT2D eigenvalue weighted by atomic mass is 16.5. The topological polar surface area (TPSA) is 72.7 Å². The summed E-state index contributed by atoms with van der Waals surface area (Å²) in [4.78, 5) is 12.8. The van der Waals surface area contributed by atoms with Gasteiger partial charge in [0.05, 0.1) is 19.8 Å². The molecule has 0 unspecified atom stereocenters. The van der Waals surface area contributed by atoms with E-state index >= 15 is 0 Å². The number of hydrogen-bond donors (Lipinski definition) is 2. The van der Waals surface area contributed by atoms with Gasteiger partial charge in [0.15, 0.2) is 11.5 Å². The minimum atomic E-state index is -0.149. The van der Waals surface area contributed by atoms with Gasteiger partial charge in [0.2, 0.25) is 0 Å². The maximum absolute atomic E-state index is 12.8. The number of carbonyl (C=O) groups excluding carboxylic acids is 1. The molecule has 2 N–H and O–H groups in total. The number of aromatic hydroxyl groups is 1. The summed E-state index contributed by atoms with van der Waals surface area (Å²) in [6, 6.07) is 10.8. The summed E-state index contributed by atoms with van der Waals surface area (Å²) in [6.45, 7) is 2.39. The third-order valence-electron chi connectivity index (χ3n) is 4.85. The van der Waals surface area contributed by atoms with Crippen LogP contribution in [-0.4, -0.2) is 36.3 Å². The summed E-state index contributed by atoms with van der Waals surface area (Å²) >= 11 is 0. The second-order valence-electron chi connectivity index (χ2n) is 6.42. The molecule has 0 fully saturated rings. The number of fused-ring (bicyclic) bond motifs is 1. The van der Waals surface area contributed by atoms with Crippen LogP contribution in [0.4, 0.5) is 0 Å². The number of phenols is 1. The molecule has 1 aromatic heterocycles. The van der Waals surface area contributed by atoms with Crippen molar-refractivity contribution < 1.29 is 19.4 Å². The van der Waals surface area contributed by atoms with Gasteiger partial charge in [0, 0.05) is 30.2 Å². The van der Waals surface area contributed by atoms with Crippen LogP contribution in [-0.2, 0) is 13.5 Å². The van der Waals surface area contributed by atoms with Crippen molar-refractivity contribution in [3.05, 3.63) is 53.2 Å². The van der Waals surface area contributed by atoms with Gasteiger partial charge in [-0.15, -0.1) is 0 Å². The molecule has 0 saturated heterocycles. The molecule has 0 bridgehead atoms. The minimum Gasteiger partial charge on any atom is -0.508 e. The van der Waals surface area contributed by atoms with Crippen LogP contribution in [0.25, 0.3) is 10.9 Å². The van der Waals surface area contributed by atoms with E-state index in [0.717, 1.165) is 22.2 Å². The van der Waals surface area contributed by atoms with E-state index in [4.69, 9.17) is 9.47 Å². The number of benzene rings is 2.